The Morgan fingerprint density at radius 2 is 1.70 bits per heavy atom. The Bertz CT molecular complexity index is 747. The zero-order valence-electron chi connectivity index (χ0n) is 19.2. The fraction of sp³-hybridized carbons (Fsp3) is 0.720. The van der Waals surface area contributed by atoms with Crippen molar-refractivity contribution >= 4 is 6.09 Å². The van der Waals surface area contributed by atoms with Crippen LogP contribution in [0, 0.1) is 5.41 Å². The van der Waals surface area contributed by atoms with Crippen LogP contribution < -0.4 is 0 Å². The van der Waals surface area contributed by atoms with Crippen molar-refractivity contribution in [1.82, 2.24) is 14.7 Å². The number of rotatable bonds is 4. The van der Waals surface area contributed by atoms with E-state index in [9.17, 15) is 9.90 Å². The van der Waals surface area contributed by atoms with Crippen LogP contribution in [0.3, 0.4) is 0 Å². The number of amides is 1. The van der Waals surface area contributed by atoms with Gasteiger partial charge in [-0.3, -0.25) is 9.80 Å². The van der Waals surface area contributed by atoms with Gasteiger partial charge in [0.1, 0.15) is 0 Å². The number of carbonyl (C=O) groups is 1. The van der Waals surface area contributed by atoms with E-state index in [2.05, 4.69) is 61.8 Å². The van der Waals surface area contributed by atoms with Crippen LogP contribution in [-0.2, 0) is 0 Å². The van der Waals surface area contributed by atoms with Gasteiger partial charge >= 0.3 is 6.09 Å². The van der Waals surface area contributed by atoms with Gasteiger partial charge < -0.3 is 10.0 Å². The minimum absolute atomic E-state index is 0.383. The lowest BCUT2D eigenvalue weighted by Gasteiger charge is -2.58. The number of carboxylic acid groups (broad SMARTS) is 1. The average Bonchev–Trinajstić information content (AvgIpc) is 2.71. The van der Waals surface area contributed by atoms with Crippen molar-refractivity contribution in [3.63, 3.8) is 0 Å². The zero-order chi connectivity index (χ0) is 21.5. The van der Waals surface area contributed by atoms with Gasteiger partial charge in [0, 0.05) is 50.8 Å². The van der Waals surface area contributed by atoms with Crippen molar-refractivity contribution < 1.29 is 9.90 Å². The lowest BCUT2D eigenvalue weighted by Crippen LogP contribution is -2.60. The molecule has 2 saturated heterocycles. The summed E-state index contributed by atoms with van der Waals surface area (Å²) in [6.45, 7) is 14.1. The van der Waals surface area contributed by atoms with E-state index in [0.29, 0.717) is 42.5 Å². The summed E-state index contributed by atoms with van der Waals surface area (Å²) in [5.74, 6) is 0.533. The molecule has 1 amide bonds. The monoisotopic (exact) mass is 413 g/mol. The molecule has 0 radical (unpaired) electrons. The number of likely N-dealkylation sites (tertiary alicyclic amines) is 1. The first kappa shape index (κ1) is 21.6. The van der Waals surface area contributed by atoms with E-state index in [1.807, 2.05) is 0 Å². The molecular formula is C25H39N3O2. The summed E-state index contributed by atoms with van der Waals surface area (Å²) in [7, 11) is 0. The smallest absolute Gasteiger partial charge is 0.407 e. The van der Waals surface area contributed by atoms with E-state index in [4.69, 9.17) is 0 Å². The Labute approximate surface area is 182 Å². The molecule has 4 rings (SSSR count). The molecule has 1 atom stereocenters. The zero-order valence-corrected chi connectivity index (χ0v) is 19.2. The molecule has 0 aromatic heterocycles. The van der Waals surface area contributed by atoms with Crippen LogP contribution in [-0.4, -0.2) is 70.7 Å². The third-order valence-corrected chi connectivity index (χ3v) is 8.06. The number of benzene rings is 1. The minimum Gasteiger partial charge on any atom is -0.465 e. The predicted octanol–water partition coefficient (Wildman–Crippen LogP) is 4.80. The Morgan fingerprint density at radius 3 is 2.30 bits per heavy atom. The van der Waals surface area contributed by atoms with E-state index in [1.54, 1.807) is 4.90 Å². The van der Waals surface area contributed by atoms with E-state index in [-0.39, 0.29) is 0 Å². The van der Waals surface area contributed by atoms with Crippen LogP contribution in [0.2, 0.25) is 0 Å². The molecule has 166 valence electrons. The standard InChI is InChI=1S/C25H39N3O2/c1-18(2)21-7-5-6-8-22(21)23-17-27(19(3)4)13-14-28(23)20-15-25(16-20)9-11-26(12-10-25)24(29)30/h5-8,18-20,23H,9-17H2,1-4H3,(H,29,30). The van der Waals surface area contributed by atoms with Crippen LogP contribution >= 0.6 is 0 Å². The number of piperazine rings is 1. The topological polar surface area (TPSA) is 47.0 Å². The lowest BCUT2D eigenvalue weighted by atomic mass is 9.59. The molecule has 30 heavy (non-hydrogen) atoms. The van der Waals surface area contributed by atoms with Gasteiger partial charge in [0.25, 0.3) is 0 Å². The second kappa shape index (κ2) is 8.51. The molecule has 1 spiro atoms. The van der Waals surface area contributed by atoms with Gasteiger partial charge in [0.2, 0.25) is 0 Å². The van der Waals surface area contributed by atoms with Crippen molar-refractivity contribution in [3.05, 3.63) is 35.4 Å². The van der Waals surface area contributed by atoms with Crippen molar-refractivity contribution in [2.75, 3.05) is 32.7 Å². The fourth-order valence-corrected chi connectivity index (χ4v) is 6.10. The summed E-state index contributed by atoms with van der Waals surface area (Å²) in [6.07, 6.45) is 3.80. The van der Waals surface area contributed by atoms with Crippen molar-refractivity contribution in [3.8, 4) is 0 Å². The average molecular weight is 414 g/mol. The Balaban J connectivity index is 1.50. The summed E-state index contributed by atoms with van der Waals surface area (Å²) < 4.78 is 0. The van der Waals surface area contributed by atoms with Crippen LogP contribution in [0.1, 0.15) is 76.5 Å². The molecule has 1 aromatic rings. The first-order chi connectivity index (χ1) is 14.3. The first-order valence-corrected chi connectivity index (χ1v) is 11.9. The van der Waals surface area contributed by atoms with Crippen LogP contribution in [0.5, 0.6) is 0 Å². The predicted molar refractivity (Wildman–Crippen MR) is 121 cm³/mol. The highest BCUT2D eigenvalue weighted by Gasteiger charge is 2.50. The van der Waals surface area contributed by atoms with Gasteiger partial charge in [0.05, 0.1) is 0 Å². The van der Waals surface area contributed by atoms with Gasteiger partial charge in [-0.2, -0.15) is 0 Å². The lowest BCUT2D eigenvalue weighted by molar-refractivity contribution is -0.0772. The Kier molecular flexibility index (Phi) is 6.13. The van der Waals surface area contributed by atoms with Crippen LogP contribution in [0.15, 0.2) is 24.3 Å². The van der Waals surface area contributed by atoms with Gasteiger partial charge in [0.15, 0.2) is 0 Å². The molecule has 1 aromatic carbocycles. The number of nitrogens with zero attached hydrogens (tertiary/aromatic N) is 3. The highest BCUT2D eigenvalue weighted by atomic mass is 16.4. The molecule has 1 saturated carbocycles. The molecule has 3 aliphatic rings. The molecular weight excluding hydrogens is 374 g/mol. The molecule has 3 fully saturated rings. The maximum absolute atomic E-state index is 11.3. The summed E-state index contributed by atoms with van der Waals surface area (Å²) in [5, 5.41) is 9.27. The van der Waals surface area contributed by atoms with E-state index in [0.717, 1.165) is 32.5 Å². The summed E-state index contributed by atoms with van der Waals surface area (Å²) in [4.78, 5) is 18.3. The van der Waals surface area contributed by atoms with E-state index < -0.39 is 6.09 Å². The highest BCUT2D eigenvalue weighted by molar-refractivity contribution is 5.65. The maximum Gasteiger partial charge on any atom is 0.407 e. The number of hydrogen-bond donors (Lipinski definition) is 1. The summed E-state index contributed by atoms with van der Waals surface area (Å²) in [5.41, 5.74) is 3.38. The fourth-order valence-electron chi connectivity index (χ4n) is 6.10. The summed E-state index contributed by atoms with van der Waals surface area (Å²) >= 11 is 0. The van der Waals surface area contributed by atoms with Crippen LogP contribution in [0.4, 0.5) is 4.79 Å². The summed E-state index contributed by atoms with van der Waals surface area (Å²) in [6, 6.07) is 10.7. The normalized spacial score (nSPS) is 25.8. The van der Waals surface area contributed by atoms with Crippen LogP contribution in [0.25, 0.3) is 0 Å². The quantitative estimate of drug-likeness (QED) is 0.770. The molecule has 1 N–H and O–H groups in total. The molecule has 0 bridgehead atoms. The molecule has 2 heterocycles. The Morgan fingerprint density at radius 1 is 1.03 bits per heavy atom. The van der Waals surface area contributed by atoms with Gasteiger partial charge in [-0.1, -0.05) is 38.1 Å². The molecule has 5 heteroatoms. The Hall–Kier alpha value is -1.59. The van der Waals surface area contributed by atoms with E-state index in [1.165, 1.54) is 24.0 Å². The van der Waals surface area contributed by atoms with Crippen molar-refractivity contribution in [2.24, 2.45) is 5.41 Å². The molecule has 1 aliphatic carbocycles. The second-order valence-corrected chi connectivity index (χ2v) is 10.5. The van der Waals surface area contributed by atoms with Gasteiger partial charge in [-0.15, -0.1) is 0 Å². The number of piperidine rings is 1. The second-order valence-electron chi connectivity index (χ2n) is 10.5. The molecule has 5 nitrogen and oxygen atoms in total. The van der Waals surface area contributed by atoms with Crippen molar-refractivity contribution in [1.29, 1.82) is 0 Å². The maximum atomic E-state index is 11.3. The van der Waals surface area contributed by atoms with Gasteiger partial charge in [-0.05, 0) is 62.0 Å². The number of hydrogen-bond acceptors (Lipinski definition) is 3. The van der Waals surface area contributed by atoms with E-state index >= 15 is 0 Å². The third kappa shape index (κ3) is 4.11. The third-order valence-electron chi connectivity index (χ3n) is 8.06. The van der Waals surface area contributed by atoms with Crippen molar-refractivity contribution in [2.45, 2.75) is 77.4 Å². The SMILES string of the molecule is CC(C)c1ccccc1C1CN(C(C)C)CCN1C1CC2(CCN(C(=O)O)CC2)C1. The van der Waals surface area contributed by atoms with Gasteiger partial charge in [-0.25, -0.2) is 4.79 Å². The highest BCUT2D eigenvalue weighted by Crippen LogP contribution is 2.52. The largest absolute Gasteiger partial charge is 0.465 e. The molecule has 1 unspecified atom stereocenters. The first-order valence-electron chi connectivity index (χ1n) is 11.9. The minimum atomic E-state index is -0.754. The molecule has 2 aliphatic heterocycles.